The molecule has 1 unspecified atom stereocenters. The average molecular weight is 292 g/mol. The molecule has 1 N–H and O–H groups in total. The summed E-state index contributed by atoms with van der Waals surface area (Å²) < 4.78 is 24.3. The van der Waals surface area contributed by atoms with Gasteiger partial charge in [0.25, 0.3) is 0 Å². The van der Waals surface area contributed by atoms with Gasteiger partial charge in [-0.3, -0.25) is 0 Å². The fourth-order valence-corrected chi connectivity index (χ4v) is 3.12. The Bertz CT molecular complexity index is 305. The number of nitrogens with zero attached hydrogens (tertiary/aromatic N) is 1. The van der Waals surface area contributed by atoms with Gasteiger partial charge in [0.05, 0.1) is 6.26 Å². The van der Waals surface area contributed by atoms with E-state index in [1.807, 2.05) is 6.92 Å². The first kappa shape index (κ1) is 18.9. The summed E-state index contributed by atoms with van der Waals surface area (Å²) in [6.07, 6.45) is 7.24. The predicted molar refractivity (Wildman–Crippen MR) is 82.9 cm³/mol. The molecule has 1 atom stereocenters. The maximum atomic E-state index is 11.4. The quantitative estimate of drug-likeness (QED) is 0.562. The number of unbranched alkanes of at least 4 members (excludes halogenated alkanes) is 1. The van der Waals surface area contributed by atoms with Gasteiger partial charge in [0, 0.05) is 13.1 Å². The van der Waals surface area contributed by atoms with Crippen LogP contribution in [0.4, 0.5) is 0 Å². The summed E-state index contributed by atoms with van der Waals surface area (Å²) in [5.41, 5.74) is 0. The standard InChI is InChI=1S/C14H32N2O2S/c1-5-8-10-14(6-2)13-15-11-9-12-16(7-3)19(4,17)18/h14-15H,5-13H2,1-4H3. The maximum absolute atomic E-state index is 11.4. The molecule has 0 aromatic heterocycles. The lowest BCUT2D eigenvalue weighted by Gasteiger charge is -2.19. The highest BCUT2D eigenvalue weighted by Gasteiger charge is 2.13. The minimum absolute atomic E-state index is 0.562. The molecule has 0 spiro atoms. The van der Waals surface area contributed by atoms with E-state index in [0.29, 0.717) is 13.1 Å². The molecular formula is C14H32N2O2S. The average Bonchev–Trinajstić information content (AvgIpc) is 2.35. The first-order valence-electron chi connectivity index (χ1n) is 7.61. The molecule has 0 radical (unpaired) electrons. The van der Waals surface area contributed by atoms with Gasteiger partial charge in [0.1, 0.15) is 0 Å². The van der Waals surface area contributed by atoms with Gasteiger partial charge in [-0.2, -0.15) is 0 Å². The number of nitrogens with one attached hydrogen (secondary N) is 1. The summed E-state index contributed by atoms with van der Waals surface area (Å²) in [4.78, 5) is 0. The lowest BCUT2D eigenvalue weighted by atomic mass is 9.99. The van der Waals surface area contributed by atoms with Crippen molar-refractivity contribution in [3.8, 4) is 0 Å². The summed E-state index contributed by atoms with van der Waals surface area (Å²) in [5.74, 6) is 0.761. The molecule has 0 saturated carbocycles. The van der Waals surface area contributed by atoms with Crippen LogP contribution < -0.4 is 5.32 Å². The van der Waals surface area contributed by atoms with Crippen LogP contribution in [0.25, 0.3) is 0 Å². The lowest BCUT2D eigenvalue weighted by Crippen LogP contribution is -2.33. The van der Waals surface area contributed by atoms with Crippen molar-refractivity contribution in [2.24, 2.45) is 5.92 Å². The molecule has 0 aliphatic rings. The fraction of sp³-hybridized carbons (Fsp3) is 1.00. The molecule has 0 bridgehead atoms. The maximum Gasteiger partial charge on any atom is 0.211 e. The van der Waals surface area contributed by atoms with E-state index in [9.17, 15) is 8.42 Å². The summed E-state index contributed by atoms with van der Waals surface area (Å²) in [6, 6.07) is 0. The Kier molecular flexibility index (Phi) is 10.6. The second-order valence-corrected chi connectivity index (χ2v) is 7.21. The Morgan fingerprint density at radius 3 is 2.32 bits per heavy atom. The minimum Gasteiger partial charge on any atom is -0.316 e. The zero-order valence-electron chi connectivity index (χ0n) is 13.1. The second kappa shape index (κ2) is 10.6. The van der Waals surface area contributed by atoms with Crippen LogP contribution in [0.5, 0.6) is 0 Å². The Balaban J connectivity index is 3.73. The molecule has 0 saturated heterocycles. The molecule has 0 aromatic carbocycles. The topological polar surface area (TPSA) is 49.4 Å². The molecule has 0 heterocycles. The third kappa shape index (κ3) is 9.41. The van der Waals surface area contributed by atoms with Crippen LogP contribution in [0.1, 0.15) is 52.9 Å². The largest absolute Gasteiger partial charge is 0.316 e. The highest BCUT2D eigenvalue weighted by molar-refractivity contribution is 7.88. The van der Waals surface area contributed by atoms with Crippen LogP contribution in [0.3, 0.4) is 0 Å². The van der Waals surface area contributed by atoms with Gasteiger partial charge in [0.2, 0.25) is 10.0 Å². The summed E-state index contributed by atoms with van der Waals surface area (Å²) >= 11 is 0. The van der Waals surface area contributed by atoms with Gasteiger partial charge >= 0.3 is 0 Å². The van der Waals surface area contributed by atoms with E-state index in [1.165, 1.54) is 36.2 Å². The Hall–Kier alpha value is -0.130. The number of sulfonamides is 1. The molecule has 19 heavy (non-hydrogen) atoms. The van der Waals surface area contributed by atoms with E-state index in [-0.39, 0.29) is 0 Å². The smallest absolute Gasteiger partial charge is 0.211 e. The second-order valence-electron chi connectivity index (χ2n) is 5.23. The zero-order valence-corrected chi connectivity index (χ0v) is 13.9. The molecule has 0 amide bonds. The highest BCUT2D eigenvalue weighted by Crippen LogP contribution is 2.11. The third-order valence-electron chi connectivity index (χ3n) is 3.56. The van der Waals surface area contributed by atoms with Gasteiger partial charge in [-0.05, 0) is 31.8 Å². The van der Waals surface area contributed by atoms with Crippen LogP contribution >= 0.6 is 0 Å². The molecular weight excluding hydrogens is 260 g/mol. The van der Waals surface area contributed by atoms with Crippen LogP contribution in [0.15, 0.2) is 0 Å². The van der Waals surface area contributed by atoms with Crippen molar-refractivity contribution < 1.29 is 8.42 Å². The van der Waals surface area contributed by atoms with Crippen molar-refractivity contribution in [3.63, 3.8) is 0 Å². The Morgan fingerprint density at radius 1 is 1.16 bits per heavy atom. The van der Waals surface area contributed by atoms with Crippen LogP contribution in [-0.4, -0.2) is 45.2 Å². The SMILES string of the molecule is CCCCC(CC)CNCCCN(CC)S(C)(=O)=O. The summed E-state index contributed by atoms with van der Waals surface area (Å²) in [5, 5.41) is 3.45. The van der Waals surface area contributed by atoms with Crippen LogP contribution in [-0.2, 0) is 10.0 Å². The highest BCUT2D eigenvalue weighted by atomic mass is 32.2. The van der Waals surface area contributed by atoms with Crippen molar-refractivity contribution in [2.45, 2.75) is 52.9 Å². The van der Waals surface area contributed by atoms with Crippen molar-refractivity contribution in [3.05, 3.63) is 0 Å². The Labute approximate surface area is 120 Å². The fourth-order valence-electron chi connectivity index (χ4n) is 2.19. The van der Waals surface area contributed by atoms with E-state index in [2.05, 4.69) is 19.2 Å². The first-order chi connectivity index (χ1) is 8.95. The molecule has 0 aromatic rings. The van der Waals surface area contributed by atoms with Gasteiger partial charge in [-0.15, -0.1) is 0 Å². The number of hydrogen-bond donors (Lipinski definition) is 1. The van der Waals surface area contributed by atoms with Crippen molar-refractivity contribution in [2.75, 3.05) is 32.4 Å². The Morgan fingerprint density at radius 2 is 1.84 bits per heavy atom. The number of rotatable bonds is 12. The molecule has 0 rings (SSSR count). The van der Waals surface area contributed by atoms with Crippen molar-refractivity contribution in [1.82, 2.24) is 9.62 Å². The number of hydrogen-bond acceptors (Lipinski definition) is 3. The van der Waals surface area contributed by atoms with E-state index in [0.717, 1.165) is 25.4 Å². The molecule has 4 nitrogen and oxygen atoms in total. The first-order valence-corrected chi connectivity index (χ1v) is 9.46. The summed E-state index contributed by atoms with van der Waals surface area (Å²) in [6.45, 7) is 9.48. The third-order valence-corrected chi connectivity index (χ3v) is 4.94. The molecule has 0 aliphatic heterocycles. The molecule has 116 valence electrons. The van der Waals surface area contributed by atoms with Crippen LogP contribution in [0.2, 0.25) is 0 Å². The van der Waals surface area contributed by atoms with E-state index in [1.54, 1.807) is 0 Å². The van der Waals surface area contributed by atoms with Crippen molar-refractivity contribution in [1.29, 1.82) is 0 Å². The van der Waals surface area contributed by atoms with E-state index < -0.39 is 10.0 Å². The van der Waals surface area contributed by atoms with Gasteiger partial charge in [-0.25, -0.2) is 12.7 Å². The molecule has 0 aliphatic carbocycles. The van der Waals surface area contributed by atoms with E-state index >= 15 is 0 Å². The van der Waals surface area contributed by atoms with Crippen LogP contribution in [0, 0.1) is 5.92 Å². The summed E-state index contributed by atoms with van der Waals surface area (Å²) in [7, 11) is -3.03. The van der Waals surface area contributed by atoms with Gasteiger partial charge in [-0.1, -0.05) is 40.0 Å². The van der Waals surface area contributed by atoms with E-state index in [4.69, 9.17) is 0 Å². The zero-order chi connectivity index (χ0) is 14.7. The minimum atomic E-state index is -3.03. The predicted octanol–water partition coefficient (Wildman–Crippen LogP) is 2.46. The normalized spacial score (nSPS) is 13.9. The van der Waals surface area contributed by atoms with Crippen molar-refractivity contribution >= 4 is 10.0 Å². The van der Waals surface area contributed by atoms with Gasteiger partial charge < -0.3 is 5.32 Å². The molecule has 5 heteroatoms. The molecule has 0 fully saturated rings. The lowest BCUT2D eigenvalue weighted by molar-refractivity contribution is 0.395. The van der Waals surface area contributed by atoms with Gasteiger partial charge in [0.15, 0.2) is 0 Å². The monoisotopic (exact) mass is 292 g/mol.